The molecule has 0 saturated carbocycles. The molecule has 168 valence electrons. The van der Waals surface area contributed by atoms with Gasteiger partial charge < -0.3 is 5.32 Å². The molecule has 1 aliphatic rings. The van der Waals surface area contributed by atoms with Gasteiger partial charge in [0.1, 0.15) is 0 Å². The largest absolute Gasteiger partial charge is 0.326 e. The third-order valence-corrected chi connectivity index (χ3v) is 8.50. The topological polar surface area (TPSA) is 113 Å². The van der Waals surface area contributed by atoms with Crippen molar-refractivity contribution in [2.24, 2.45) is 0 Å². The summed E-state index contributed by atoms with van der Waals surface area (Å²) in [7, 11) is -7.24. The highest BCUT2D eigenvalue weighted by Crippen LogP contribution is 2.32. The van der Waals surface area contributed by atoms with Gasteiger partial charge in [0.05, 0.1) is 16.3 Å². The lowest BCUT2D eigenvalue weighted by Crippen LogP contribution is -2.36. The van der Waals surface area contributed by atoms with Crippen molar-refractivity contribution in [2.45, 2.75) is 44.9 Å². The number of sulfonamides is 2. The van der Waals surface area contributed by atoms with E-state index in [0.717, 1.165) is 5.56 Å². The van der Waals surface area contributed by atoms with E-state index in [1.54, 1.807) is 51.1 Å². The maximum atomic E-state index is 12.9. The molecule has 0 atom stereocenters. The van der Waals surface area contributed by atoms with Crippen molar-refractivity contribution in [3.8, 4) is 0 Å². The van der Waals surface area contributed by atoms with Crippen LogP contribution < -0.4 is 14.3 Å². The second-order valence-corrected chi connectivity index (χ2v) is 11.2. The van der Waals surface area contributed by atoms with E-state index in [0.29, 0.717) is 48.4 Å². The molecule has 2 aromatic carbocycles. The van der Waals surface area contributed by atoms with Crippen molar-refractivity contribution in [1.29, 1.82) is 0 Å². The van der Waals surface area contributed by atoms with Gasteiger partial charge in [0.2, 0.25) is 15.9 Å². The minimum Gasteiger partial charge on any atom is -0.326 e. The summed E-state index contributed by atoms with van der Waals surface area (Å²) in [5, 5.41) is 2.71. The molecule has 31 heavy (non-hydrogen) atoms. The van der Waals surface area contributed by atoms with Crippen LogP contribution in [0.25, 0.3) is 0 Å². The van der Waals surface area contributed by atoms with Crippen LogP contribution in [0.1, 0.15) is 37.8 Å². The number of fused-ring (bicyclic) bond motifs is 1. The summed E-state index contributed by atoms with van der Waals surface area (Å²) >= 11 is 0. The molecule has 0 spiro atoms. The zero-order valence-electron chi connectivity index (χ0n) is 17.8. The Morgan fingerprint density at radius 1 is 1.03 bits per heavy atom. The van der Waals surface area contributed by atoms with Crippen LogP contribution in [0.5, 0.6) is 0 Å². The highest BCUT2D eigenvalue weighted by Gasteiger charge is 2.26. The molecule has 0 radical (unpaired) electrons. The van der Waals surface area contributed by atoms with Crippen molar-refractivity contribution >= 4 is 43.0 Å². The number of anilines is 3. The van der Waals surface area contributed by atoms with Crippen LogP contribution in [-0.4, -0.2) is 35.0 Å². The predicted octanol–water partition coefficient (Wildman–Crippen LogP) is 3.25. The Balaban J connectivity index is 1.86. The number of nitrogens with one attached hydrogen (secondary N) is 2. The lowest BCUT2D eigenvalue weighted by atomic mass is 10.0. The summed E-state index contributed by atoms with van der Waals surface area (Å²) in [6.45, 7) is 5.43. The Morgan fingerprint density at radius 2 is 1.74 bits per heavy atom. The molecule has 0 fully saturated rings. The Bertz CT molecular complexity index is 1210. The van der Waals surface area contributed by atoms with Gasteiger partial charge in [-0.3, -0.25) is 13.8 Å². The number of nitrogens with zero attached hydrogens (tertiary/aromatic N) is 1. The minimum atomic E-state index is -3.86. The quantitative estimate of drug-likeness (QED) is 0.652. The summed E-state index contributed by atoms with van der Waals surface area (Å²) in [6.07, 6.45) is 1.67. The van der Waals surface area contributed by atoms with Gasteiger partial charge in [0.25, 0.3) is 10.0 Å². The van der Waals surface area contributed by atoms with Gasteiger partial charge >= 0.3 is 0 Å². The second-order valence-electron chi connectivity index (χ2n) is 7.41. The molecule has 8 nitrogen and oxygen atoms in total. The molecule has 1 heterocycles. The van der Waals surface area contributed by atoms with Gasteiger partial charge in [-0.2, -0.15) is 0 Å². The van der Waals surface area contributed by atoms with Crippen molar-refractivity contribution in [2.75, 3.05) is 26.6 Å². The maximum Gasteiger partial charge on any atom is 0.262 e. The summed E-state index contributed by atoms with van der Waals surface area (Å²) in [5.41, 5.74) is 2.80. The fourth-order valence-corrected chi connectivity index (χ4v) is 6.03. The third-order valence-electron chi connectivity index (χ3n) is 5.18. The lowest BCUT2D eigenvalue weighted by molar-refractivity contribution is -0.115. The van der Waals surface area contributed by atoms with Gasteiger partial charge in [-0.25, -0.2) is 16.8 Å². The molecule has 1 aliphatic heterocycles. The van der Waals surface area contributed by atoms with Crippen LogP contribution >= 0.6 is 0 Å². The van der Waals surface area contributed by atoms with E-state index in [9.17, 15) is 21.6 Å². The molecule has 0 aromatic heterocycles. The van der Waals surface area contributed by atoms with E-state index in [2.05, 4.69) is 10.0 Å². The smallest absolute Gasteiger partial charge is 0.262 e. The number of hydrogen-bond acceptors (Lipinski definition) is 5. The first-order chi connectivity index (χ1) is 14.6. The lowest BCUT2D eigenvalue weighted by Gasteiger charge is -2.30. The predicted molar refractivity (Wildman–Crippen MR) is 122 cm³/mol. The maximum absolute atomic E-state index is 12.9. The first-order valence-corrected chi connectivity index (χ1v) is 13.2. The average Bonchev–Trinajstić information content (AvgIpc) is 2.72. The summed E-state index contributed by atoms with van der Waals surface area (Å²) < 4.78 is 54.6. The van der Waals surface area contributed by atoms with Gasteiger partial charge in [-0.05, 0) is 74.2 Å². The molecule has 0 aliphatic carbocycles. The fourth-order valence-electron chi connectivity index (χ4n) is 3.56. The molecule has 0 bridgehead atoms. The number of benzene rings is 2. The zero-order chi connectivity index (χ0) is 22.8. The molecule has 0 unspecified atom stereocenters. The molecular formula is C21H27N3O5S2. The first kappa shape index (κ1) is 23.1. The summed E-state index contributed by atoms with van der Waals surface area (Å²) in [4.78, 5) is 11.7. The number of aryl methyl sites for hydroxylation is 2. The normalized spacial score (nSPS) is 14.1. The van der Waals surface area contributed by atoms with E-state index in [-0.39, 0.29) is 16.6 Å². The standard InChI is InChI=1S/C21H27N3O5S2/c1-4-21(25)22-17-9-11-20(15(3)13-17)31(28,29)23-18-8-10-19-16(14-18)7-6-12-24(19)30(26,27)5-2/h8-11,13-14,23H,4-7,12H2,1-3H3,(H,22,25). The van der Waals surface area contributed by atoms with Crippen LogP contribution in [0.3, 0.4) is 0 Å². The molecule has 2 N–H and O–H groups in total. The van der Waals surface area contributed by atoms with Crippen molar-refractivity contribution in [3.63, 3.8) is 0 Å². The highest BCUT2D eigenvalue weighted by molar-refractivity contribution is 7.93. The Morgan fingerprint density at radius 3 is 2.39 bits per heavy atom. The van der Waals surface area contributed by atoms with E-state index in [4.69, 9.17) is 0 Å². The Kier molecular flexibility index (Phi) is 6.61. The number of hydrogen-bond donors (Lipinski definition) is 2. The first-order valence-electron chi connectivity index (χ1n) is 10.1. The number of carbonyl (C=O) groups is 1. The van der Waals surface area contributed by atoms with Gasteiger partial charge in [-0.15, -0.1) is 0 Å². The second kappa shape index (κ2) is 8.88. The van der Waals surface area contributed by atoms with Gasteiger partial charge in [0, 0.05) is 24.3 Å². The highest BCUT2D eigenvalue weighted by atomic mass is 32.2. The number of amides is 1. The molecular weight excluding hydrogens is 438 g/mol. The molecule has 1 amide bonds. The fraction of sp³-hybridized carbons (Fsp3) is 0.381. The third kappa shape index (κ3) is 5.01. The van der Waals surface area contributed by atoms with E-state index in [1.807, 2.05) is 0 Å². The van der Waals surface area contributed by atoms with Crippen molar-refractivity contribution < 1.29 is 21.6 Å². The van der Waals surface area contributed by atoms with Crippen LogP contribution in [0.2, 0.25) is 0 Å². The monoisotopic (exact) mass is 465 g/mol. The zero-order valence-corrected chi connectivity index (χ0v) is 19.4. The van der Waals surface area contributed by atoms with E-state index in [1.165, 1.54) is 10.4 Å². The van der Waals surface area contributed by atoms with Crippen LogP contribution in [0.15, 0.2) is 41.3 Å². The van der Waals surface area contributed by atoms with E-state index < -0.39 is 20.0 Å². The number of rotatable bonds is 7. The molecule has 2 aromatic rings. The minimum absolute atomic E-state index is 0.00873. The van der Waals surface area contributed by atoms with Gasteiger partial charge in [0.15, 0.2) is 0 Å². The van der Waals surface area contributed by atoms with Crippen LogP contribution in [-0.2, 0) is 31.3 Å². The summed E-state index contributed by atoms with van der Waals surface area (Å²) in [5.74, 6) is -0.143. The van der Waals surface area contributed by atoms with Crippen LogP contribution in [0, 0.1) is 6.92 Å². The van der Waals surface area contributed by atoms with Crippen LogP contribution in [0.4, 0.5) is 17.1 Å². The Hall–Kier alpha value is -2.59. The molecule has 3 rings (SSSR count). The van der Waals surface area contributed by atoms with Crippen molar-refractivity contribution in [1.82, 2.24) is 0 Å². The number of carbonyl (C=O) groups excluding carboxylic acids is 1. The Labute approximate surface area is 183 Å². The molecule has 10 heteroatoms. The van der Waals surface area contributed by atoms with Crippen molar-refractivity contribution in [3.05, 3.63) is 47.5 Å². The molecule has 0 saturated heterocycles. The summed E-state index contributed by atoms with van der Waals surface area (Å²) in [6, 6.07) is 9.53. The SMILES string of the molecule is CCC(=O)Nc1ccc(S(=O)(=O)Nc2ccc3c(c2)CCCN3S(=O)(=O)CC)c(C)c1. The van der Waals surface area contributed by atoms with Gasteiger partial charge in [-0.1, -0.05) is 6.92 Å². The van der Waals surface area contributed by atoms with E-state index >= 15 is 0 Å². The average molecular weight is 466 g/mol.